The van der Waals surface area contributed by atoms with Crippen LogP contribution < -0.4 is 4.90 Å². The van der Waals surface area contributed by atoms with Crippen LogP contribution in [0.5, 0.6) is 0 Å². The number of nitrogens with zero attached hydrogens (tertiary/aromatic N) is 8. The summed E-state index contributed by atoms with van der Waals surface area (Å²) in [6.45, 7) is 5.85. The zero-order chi connectivity index (χ0) is 20.1. The van der Waals surface area contributed by atoms with Gasteiger partial charge in [-0.3, -0.25) is 9.69 Å². The highest BCUT2D eigenvalue weighted by Gasteiger charge is 2.23. The third kappa shape index (κ3) is 5.22. The molecule has 2 fully saturated rings. The zero-order valence-corrected chi connectivity index (χ0v) is 17.3. The van der Waals surface area contributed by atoms with Crippen LogP contribution >= 0.6 is 11.6 Å². The molecule has 2 saturated heterocycles. The van der Waals surface area contributed by atoms with Gasteiger partial charge in [0.1, 0.15) is 12.4 Å². The maximum atomic E-state index is 12.8. The predicted molar refractivity (Wildman–Crippen MR) is 110 cm³/mol. The molecule has 0 radical (unpaired) electrons. The Bertz CT molecular complexity index is 795. The Morgan fingerprint density at radius 3 is 2.45 bits per heavy atom. The molecular weight excluding hydrogens is 392 g/mol. The summed E-state index contributed by atoms with van der Waals surface area (Å²) in [5.41, 5.74) is 0. The lowest BCUT2D eigenvalue weighted by molar-refractivity contribution is -0.132. The highest BCUT2D eigenvalue weighted by atomic mass is 35.5. The molecule has 0 bridgehead atoms. The molecule has 0 atom stereocenters. The van der Waals surface area contributed by atoms with Crippen molar-refractivity contribution in [3.8, 4) is 0 Å². The van der Waals surface area contributed by atoms with Crippen LogP contribution in [-0.4, -0.2) is 80.2 Å². The van der Waals surface area contributed by atoms with Crippen molar-refractivity contribution in [2.24, 2.45) is 0 Å². The molecule has 2 aromatic rings. The van der Waals surface area contributed by atoms with E-state index >= 15 is 0 Å². The van der Waals surface area contributed by atoms with Gasteiger partial charge in [0.05, 0.1) is 11.6 Å². The molecule has 4 heterocycles. The van der Waals surface area contributed by atoms with Gasteiger partial charge >= 0.3 is 0 Å². The van der Waals surface area contributed by atoms with Crippen LogP contribution in [0.1, 0.15) is 31.5 Å². The van der Waals surface area contributed by atoms with E-state index in [1.165, 1.54) is 25.7 Å². The van der Waals surface area contributed by atoms with E-state index in [1.807, 2.05) is 17.0 Å². The van der Waals surface area contributed by atoms with Crippen molar-refractivity contribution in [3.05, 3.63) is 29.2 Å². The topological polar surface area (TPSA) is 83.3 Å². The highest BCUT2D eigenvalue weighted by Crippen LogP contribution is 2.16. The van der Waals surface area contributed by atoms with E-state index in [0.717, 1.165) is 37.8 Å². The first kappa shape index (κ1) is 20.0. The number of piperazine rings is 1. The molecule has 2 aliphatic heterocycles. The molecule has 2 aliphatic rings. The minimum absolute atomic E-state index is 0.0538. The zero-order valence-electron chi connectivity index (χ0n) is 16.6. The number of carbonyl (C=O) groups is 1. The average molecular weight is 419 g/mol. The van der Waals surface area contributed by atoms with Crippen molar-refractivity contribution in [3.63, 3.8) is 0 Å². The van der Waals surface area contributed by atoms with E-state index in [-0.39, 0.29) is 12.5 Å². The van der Waals surface area contributed by atoms with Gasteiger partial charge in [0.15, 0.2) is 5.82 Å². The van der Waals surface area contributed by atoms with Gasteiger partial charge in [-0.25, -0.2) is 9.67 Å². The summed E-state index contributed by atoms with van der Waals surface area (Å²) < 4.78 is 1.65. The number of rotatable bonds is 5. The fourth-order valence-corrected chi connectivity index (χ4v) is 4.03. The van der Waals surface area contributed by atoms with E-state index < -0.39 is 0 Å². The number of hydrogen-bond acceptors (Lipinski definition) is 7. The summed E-state index contributed by atoms with van der Waals surface area (Å²) in [5.74, 6) is 1.71. The van der Waals surface area contributed by atoms with E-state index in [1.54, 1.807) is 10.9 Å². The second-order valence-corrected chi connectivity index (χ2v) is 8.08. The molecule has 29 heavy (non-hydrogen) atoms. The van der Waals surface area contributed by atoms with Gasteiger partial charge in [0.2, 0.25) is 5.91 Å². The van der Waals surface area contributed by atoms with Crippen LogP contribution in [-0.2, 0) is 17.9 Å². The van der Waals surface area contributed by atoms with E-state index in [4.69, 9.17) is 11.6 Å². The molecule has 10 heteroatoms. The van der Waals surface area contributed by atoms with E-state index in [2.05, 4.69) is 30.3 Å². The Labute approximate surface area is 175 Å². The first-order chi connectivity index (χ1) is 14.2. The van der Waals surface area contributed by atoms with E-state index in [0.29, 0.717) is 24.7 Å². The number of tetrazole rings is 1. The number of likely N-dealkylation sites (tertiary alicyclic amines) is 1. The van der Waals surface area contributed by atoms with Gasteiger partial charge in [0.25, 0.3) is 0 Å². The van der Waals surface area contributed by atoms with Gasteiger partial charge in [0, 0.05) is 32.4 Å². The summed E-state index contributed by atoms with van der Waals surface area (Å²) >= 11 is 5.91. The average Bonchev–Trinajstić information content (AvgIpc) is 3.00. The van der Waals surface area contributed by atoms with Crippen molar-refractivity contribution in [1.29, 1.82) is 0 Å². The Kier molecular flexibility index (Phi) is 6.56. The molecule has 156 valence electrons. The van der Waals surface area contributed by atoms with Crippen molar-refractivity contribution in [2.45, 2.75) is 38.8 Å². The third-order valence-electron chi connectivity index (χ3n) is 5.62. The fraction of sp³-hybridized carbons (Fsp3) is 0.632. The summed E-state index contributed by atoms with van der Waals surface area (Å²) in [6.07, 6.45) is 6.66. The van der Waals surface area contributed by atoms with Crippen molar-refractivity contribution < 1.29 is 4.79 Å². The second-order valence-electron chi connectivity index (χ2n) is 7.65. The number of carbonyl (C=O) groups excluding carboxylic acids is 1. The lowest BCUT2D eigenvalue weighted by Gasteiger charge is -2.35. The summed E-state index contributed by atoms with van der Waals surface area (Å²) in [6, 6.07) is 3.75. The first-order valence-electron chi connectivity index (χ1n) is 10.3. The van der Waals surface area contributed by atoms with Gasteiger partial charge in [-0.05, 0) is 48.5 Å². The van der Waals surface area contributed by atoms with Crippen molar-refractivity contribution >= 4 is 23.3 Å². The standard InChI is InChI=1S/C19H27ClN8O/c20-16-5-6-17(21-13-16)26-9-11-27(12-10-26)19(29)15-28-18(22-23-24-28)14-25-7-3-1-2-4-8-25/h5-6,13H,1-4,7-12,14-15H2. The molecule has 0 spiro atoms. The van der Waals surface area contributed by atoms with Crippen LogP contribution in [0.25, 0.3) is 0 Å². The fourth-order valence-electron chi connectivity index (χ4n) is 3.92. The molecular formula is C19H27ClN8O. The quantitative estimate of drug-likeness (QED) is 0.726. The minimum Gasteiger partial charge on any atom is -0.353 e. The Hall–Kier alpha value is -2.26. The Morgan fingerprint density at radius 1 is 1.00 bits per heavy atom. The van der Waals surface area contributed by atoms with Gasteiger partial charge in [-0.15, -0.1) is 5.10 Å². The molecule has 0 saturated carbocycles. The molecule has 2 aromatic heterocycles. The smallest absolute Gasteiger partial charge is 0.244 e. The van der Waals surface area contributed by atoms with Crippen LogP contribution in [0.3, 0.4) is 0 Å². The molecule has 1 amide bonds. The Balaban J connectivity index is 1.30. The second kappa shape index (κ2) is 9.49. The molecule has 0 unspecified atom stereocenters. The van der Waals surface area contributed by atoms with Gasteiger partial charge in [-0.2, -0.15) is 0 Å². The van der Waals surface area contributed by atoms with Crippen LogP contribution in [0, 0.1) is 0 Å². The molecule has 0 aliphatic carbocycles. The predicted octanol–water partition coefficient (Wildman–Crippen LogP) is 1.45. The van der Waals surface area contributed by atoms with Crippen molar-refractivity contribution in [2.75, 3.05) is 44.2 Å². The number of hydrogen-bond donors (Lipinski definition) is 0. The third-order valence-corrected chi connectivity index (χ3v) is 5.85. The summed E-state index contributed by atoms with van der Waals surface area (Å²) in [4.78, 5) is 23.6. The highest BCUT2D eigenvalue weighted by molar-refractivity contribution is 6.30. The lowest BCUT2D eigenvalue weighted by Crippen LogP contribution is -2.50. The Morgan fingerprint density at radius 2 is 1.76 bits per heavy atom. The SMILES string of the molecule is O=C(Cn1nnnc1CN1CCCCCC1)N1CCN(c2ccc(Cl)cn2)CC1. The molecule has 9 nitrogen and oxygen atoms in total. The lowest BCUT2D eigenvalue weighted by atomic mass is 10.2. The van der Waals surface area contributed by atoms with Gasteiger partial charge in [-0.1, -0.05) is 24.4 Å². The number of aromatic nitrogens is 5. The number of pyridine rings is 1. The van der Waals surface area contributed by atoms with Crippen LogP contribution in [0.15, 0.2) is 18.3 Å². The van der Waals surface area contributed by atoms with E-state index in [9.17, 15) is 4.79 Å². The normalized spacial score (nSPS) is 18.7. The molecule has 0 N–H and O–H groups in total. The van der Waals surface area contributed by atoms with Crippen LogP contribution in [0.4, 0.5) is 5.82 Å². The monoisotopic (exact) mass is 418 g/mol. The number of anilines is 1. The van der Waals surface area contributed by atoms with Crippen LogP contribution in [0.2, 0.25) is 5.02 Å². The molecule has 4 rings (SSSR count). The summed E-state index contributed by atoms with van der Waals surface area (Å²) in [5, 5.41) is 12.7. The maximum Gasteiger partial charge on any atom is 0.244 e. The minimum atomic E-state index is 0.0538. The van der Waals surface area contributed by atoms with Gasteiger partial charge < -0.3 is 9.80 Å². The van der Waals surface area contributed by atoms with Crippen molar-refractivity contribution in [1.82, 2.24) is 35.0 Å². The number of amides is 1. The maximum absolute atomic E-state index is 12.8. The molecule has 0 aromatic carbocycles. The summed E-state index contributed by atoms with van der Waals surface area (Å²) in [7, 11) is 0. The number of halogens is 1. The first-order valence-corrected chi connectivity index (χ1v) is 10.7. The largest absolute Gasteiger partial charge is 0.353 e.